The van der Waals surface area contributed by atoms with E-state index >= 15 is 0 Å². The van der Waals surface area contributed by atoms with E-state index in [0.29, 0.717) is 0 Å². The molecule has 0 spiro atoms. The molecule has 3 nitrogen and oxygen atoms in total. The summed E-state index contributed by atoms with van der Waals surface area (Å²) in [6.45, 7) is 4.93. The van der Waals surface area contributed by atoms with E-state index in [1.54, 1.807) is 14.2 Å². The first-order valence-corrected chi connectivity index (χ1v) is 6.57. The van der Waals surface area contributed by atoms with E-state index in [1.807, 2.05) is 0 Å². The lowest BCUT2D eigenvalue weighted by atomic mass is 10.0. The van der Waals surface area contributed by atoms with Crippen LogP contribution in [0.25, 0.3) is 0 Å². The van der Waals surface area contributed by atoms with E-state index in [9.17, 15) is 0 Å². The molecule has 1 rings (SSSR count). The maximum atomic E-state index is 5.14. The lowest BCUT2D eigenvalue weighted by molar-refractivity contribution is 0.110. The third-order valence-corrected chi connectivity index (χ3v) is 3.55. The molecule has 16 heavy (non-hydrogen) atoms. The zero-order chi connectivity index (χ0) is 11.6. The number of methoxy groups -OCH3 is 2. The highest BCUT2D eigenvalue weighted by Crippen LogP contribution is 2.27. The van der Waals surface area contributed by atoms with Gasteiger partial charge in [-0.2, -0.15) is 0 Å². The molecule has 1 saturated carbocycles. The van der Waals surface area contributed by atoms with E-state index in [1.165, 1.54) is 38.6 Å². The van der Waals surface area contributed by atoms with Crippen molar-refractivity contribution in [3.05, 3.63) is 0 Å². The Kier molecular flexibility index (Phi) is 7.81. The van der Waals surface area contributed by atoms with Crippen LogP contribution in [-0.2, 0) is 9.47 Å². The SMILES string of the molecule is COCCN(CCOC)CCC1CCCC1. The highest BCUT2D eigenvalue weighted by Gasteiger charge is 2.16. The molecule has 0 aromatic carbocycles. The number of hydrogen-bond donors (Lipinski definition) is 0. The molecule has 0 atom stereocenters. The van der Waals surface area contributed by atoms with E-state index in [2.05, 4.69) is 4.90 Å². The molecule has 0 heterocycles. The van der Waals surface area contributed by atoms with Crippen LogP contribution in [0.5, 0.6) is 0 Å². The number of nitrogens with zero attached hydrogens (tertiary/aromatic N) is 1. The molecule has 0 radical (unpaired) electrons. The molecule has 0 aliphatic heterocycles. The number of ether oxygens (including phenoxy) is 2. The molecular formula is C13H27NO2. The maximum Gasteiger partial charge on any atom is 0.0589 e. The summed E-state index contributed by atoms with van der Waals surface area (Å²) in [4.78, 5) is 2.46. The van der Waals surface area contributed by atoms with Crippen molar-refractivity contribution >= 4 is 0 Å². The molecule has 0 N–H and O–H groups in total. The van der Waals surface area contributed by atoms with Crippen LogP contribution >= 0.6 is 0 Å². The van der Waals surface area contributed by atoms with Crippen LogP contribution in [0.4, 0.5) is 0 Å². The molecule has 0 aromatic heterocycles. The fourth-order valence-electron chi connectivity index (χ4n) is 2.44. The highest BCUT2D eigenvalue weighted by molar-refractivity contribution is 4.69. The standard InChI is InChI=1S/C13H27NO2/c1-15-11-9-14(10-12-16-2)8-7-13-5-3-4-6-13/h13H,3-12H2,1-2H3. The van der Waals surface area contributed by atoms with E-state index in [4.69, 9.17) is 9.47 Å². The van der Waals surface area contributed by atoms with Gasteiger partial charge < -0.3 is 9.47 Å². The molecule has 1 fully saturated rings. The Morgan fingerprint density at radius 1 is 0.938 bits per heavy atom. The second-order valence-electron chi connectivity index (χ2n) is 4.77. The molecular weight excluding hydrogens is 202 g/mol. The Morgan fingerprint density at radius 2 is 1.50 bits per heavy atom. The third kappa shape index (κ3) is 5.83. The predicted octanol–water partition coefficient (Wildman–Crippen LogP) is 2.16. The largest absolute Gasteiger partial charge is 0.383 e. The minimum atomic E-state index is 0.828. The smallest absolute Gasteiger partial charge is 0.0589 e. The Labute approximate surface area is 100 Å². The average Bonchev–Trinajstić information content (AvgIpc) is 2.81. The first kappa shape index (κ1) is 13.9. The fraction of sp³-hybridized carbons (Fsp3) is 1.00. The zero-order valence-corrected chi connectivity index (χ0v) is 10.9. The molecule has 0 bridgehead atoms. The van der Waals surface area contributed by atoms with Gasteiger partial charge in [0.15, 0.2) is 0 Å². The molecule has 3 heteroatoms. The van der Waals surface area contributed by atoms with Crippen LogP contribution in [-0.4, -0.2) is 52.0 Å². The lowest BCUT2D eigenvalue weighted by Crippen LogP contribution is -2.32. The Morgan fingerprint density at radius 3 is 2.00 bits per heavy atom. The molecule has 0 aromatic rings. The number of rotatable bonds is 9. The van der Waals surface area contributed by atoms with Gasteiger partial charge in [0.05, 0.1) is 13.2 Å². The van der Waals surface area contributed by atoms with Crippen molar-refractivity contribution in [2.24, 2.45) is 5.92 Å². The summed E-state index contributed by atoms with van der Waals surface area (Å²) in [6, 6.07) is 0. The number of hydrogen-bond acceptors (Lipinski definition) is 3. The van der Waals surface area contributed by atoms with Gasteiger partial charge in [-0.25, -0.2) is 0 Å². The lowest BCUT2D eigenvalue weighted by Gasteiger charge is -2.23. The average molecular weight is 229 g/mol. The molecule has 0 saturated heterocycles. The second kappa shape index (κ2) is 8.97. The zero-order valence-electron chi connectivity index (χ0n) is 10.9. The normalized spacial score (nSPS) is 17.4. The van der Waals surface area contributed by atoms with Gasteiger partial charge in [-0.05, 0) is 18.9 Å². The van der Waals surface area contributed by atoms with Crippen molar-refractivity contribution in [2.45, 2.75) is 32.1 Å². The first-order valence-electron chi connectivity index (χ1n) is 6.57. The van der Waals surface area contributed by atoms with Crippen molar-refractivity contribution in [3.63, 3.8) is 0 Å². The summed E-state index contributed by atoms with van der Waals surface area (Å²) < 4.78 is 10.3. The van der Waals surface area contributed by atoms with Crippen molar-refractivity contribution in [1.82, 2.24) is 4.90 Å². The van der Waals surface area contributed by atoms with Crippen LogP contribution in [0.2, 0.25) is 0 Å². The van der Waals surface area contributed by atoms with Crippen LogP contribution in [0.15, 0.2) is 0 Å². The van der Waals surface area contributed by atoms with Crippen molar-refractivity contribution in [3.8, 4) is 0 Å². The van der Waals surface area contributed by atoms with Crippen molar-refractivity contribution in [2.75, 3.05) is 47.1 Å². The predicted molar refractivity (Wildman–Crippen MR) is 66.8 cm³/mol. The summed E-state index contributed by atoms with van der Waals surface area (Å²) >= 11 is 0. The van der Waals surface area contributed by atoms with Crippen LogP contribution in [0.3, 0.4) is 0 Å². The van der Waals surface area contributed by atoms with E-state index < -0.39 is 0 Å². The summed E-state index contributed by atoms with van der Waals surface area (Å²) in [6.07, 6.45) is 7.14. The molecule has 96 valence electrons. The molecule has 1 aliphatic carbocycles. The van der Waals surface area contributed by atoms with Crippen molar-refractivity contribution in [1.29, 1.82) is 0 Å². The second-order valence-corrected chi connectivity index (χ2v) is 4.77. The monoisotopic (exact) mass is 229 g/mol. The molecule has 0 unspecified atom stereocenters. The topological polar surface area (TPSA) is 21.7 Å². The van der Waals surface area contributed by atoms with E-state index in [-0.39, 0.29) is 0 Å². The fourth-order valence-corrected chi connectivity index (χ4v) is 2.44. The van der Waals surface area contributed by atoms with Crippen molar-refractivity contribution < 1.29 is 9.47 Å². The minimum absolute atomic E-state index is 0.828. The molecule has 0 amide bonds. The van der Waals surface area contributed by atoms with Gasteiger partial charge in [0.2, 0.25) is 0 Å². The van der Waals surface area contributed by atoms with Gasteiger partial charge in [-0.15, -0.1) is 0 Å². The van der Waals surface area contributed by atoms with Gasteiger partial charge >= 0.3 is 0 Å². The van der Waals surface area contributed by atoms with Gasteiger partial charge in [-0.1, -0.05) is 25.7 Å². The Balaban J connectivity index is 2.13. The summed E-state index contributed by atoms with van der Waals surface area (Å²) in [5, 5.41) is 0. The minimum Gasteiger partial charge on any atom is -0.383 e. The van der Waals surface area contributed by atoms with Crippen LogP contribution in [0.1, 0.15) is 32.1 Å². The van der Waals surface area contributed by atoms with Gasteiger partial charge in [0.1, 0.15) is 0 Å². The van der Waals surface area contributed by atoms with Gasteiger partial charge in [0.25, 0.3) is 0 Å². The van der Waals surface area contributed by atoms with Crippen LogP contribution < -0.4 is 0 Å². The quantitative estimate of drug-likeness (QED) is 0.605. The Hall–Kier alpha value is -0.120. The Bertz CT molecular complexity index is 150. The molecule has 1 aliphatic rings. The summed E-state index contributed by atoms with van der Waals surface area (Å²) in [7, 11) is 3.54. The summed E-state index contributed by atoms with van der Waals surface area (Å²) in [5.74, 6) is 0.979. The van der Waals surface area contributed by atoms with Crippen LogP contribution in [0, 0.1) is 5.92 Å². The van der Waals surface area contributed by atoms with E-state index in [0.717, 1.165) is 32.2 Å². The summed E-state index contributed by atoms with van der Waals surface area (Å²) in [5.41, 5.74) is 0. The first-order chi connectivity index (χ1) is 7.86. The third-order valence-electron chi connectivity index (χ3n) is 3.55. The van der Waals surface area contributed by atoms with Gasteiger partial charge in [0, 0.05) is 27.3 Å². The maximum absolute atomic E-state index is 5.14. The van der Waals surface area contributed by atoms with Gasteiger partial charge in [-0.3, -0.25) is 4.90 Å². The highest BCUT2D eigenvalue weighted by atomic mass is 16.5.